The average molecular weight is 286 g/mol. The van der Waals surface area contributed by atoms with E-state index >= 15 is 0 Å². The molecule has 1 aromatic heterocycles. The molecule has 2 fully saturated rings. The quantitative estimate of drug-likeness (QED) is 0.850. The van der Waals surface area contributed by atoms with Gasteiger partial charge < -0.3 is 4.90 Å². The van der Waals surface area contributed by atoms with E-state index in [1.165, 1.54) is 25.8 Å². The smallest absolute Gasteiger partial charge is 0.209 e. The highest BCUT2D eigenvalue weighted by atomic mass is 32.1. The van der Waals surface area contributed by atoms with Crippen molar-refractivity contribution in [3.05, 3.63) is 30.3 Å². The van der Waals surface area contributed by atoms with Crippen LogP contribution in [0.2, 0.25) is 0 Å². The van der Waals surface area contributed by atoms with Crippen LogP contribution in [0.1, 0.15) is 19.3 Å². The maximum Gasteiger partial charge on any atom is 0.209 e. The minimum Gasteiger partial charge on any atom is -0.334 e. The van der Waals surface area contributed by atoms with Gasteiger partial charge in [0.1, 0.15) is 5.01 Å². The van der Waals surface area contributed by atoms with E-state index < -0.39 is 0 Å². The summed E-state index contributed by atoms with van der Waals surface area (Å²) in [6.07, 6.45) is 3.99. The van der Waals surface area contributed by atoms with Crippen LogP contribution in [-0.4, -0.2) is 40.9 Å². The SMILES string of the molecule is c1ccc(-c2nnc(N3CCC4CCCN4C3)s2)cc1. The van der Waals surface area contributed by atoms with Gasteiger partial charge in [0.2, 0.25) is 5.13 Å². The Kier molecular flexibility index (Phi) is 3.16. The van der Waals surface area contributed by atoms with Crippen LogP contribution in [0.4, 0.5) is 5.13 Å². The fraction of sp³-hybridized carbons (Fsp3) is 0.467. The maximum atomic E-state index is 4.40. The summed E-state index contributed by atoms with van der Waals surface area (Å²) in [5.74, 6) is 0. The van der Waals surface area contributed by atoms with E-state index in [0.717, 1.165) is 35.0 Å². The molecule has 2 aromatic rings. The molecule has 0 N–H and O–H groups in total. The summed E-state index contributed by atoms with van der Waals surface area (Å²) in [4.78, 5) is 4.97. The van der Waals surface area contributed by atoms with E-state index in [1.807, 2.05) is 18.2 Å². The Morgan fingerprint density at radius 1 is 1.05 bits per heavy atom. The molecule has 0 aliphatic carbocycles. The molecule has 104 valence electrons. The molecule has 4 nitrogen and oxygen atoms in total. The standard InChI is InChI=1S/C15H18N4S/c1-2-5-12(6-3-1)14-16-17-15(20-14)19-10-8-13-7-4-9-18(13)11-19/h1-3,5-6,13H,4,7-11H2. The molecular formula is C15H18N4S. The Labute approximate surface area is 123 Å². The zero-order valence-electron chi connectivity index (χ0n) is 11.4. The van der Waals surface area contributed by atoms with Gasteiger partial charge in [-0.15, -0.1) is 10.2 Å². The normalized spacial score (nSPS) is 23.0. The third-order valence-corrected chi connectivity index (χ3v) is 5.32. The van der Waals surface area contributed by atoms with E-state index in [9.17, 15) is 0 Å². The van der Waals surface area contributed by atoms with Gasteiger partial charge in [-0.05, 0) is 19.3 Å². The molecule has 1 atom stereocenters. The zero-order chi connectivity index (χ0) is 13.4. The highest BCUT2D eigenvalue weighted by molar-refractivity contribution is 7.18. The first kappa shape index (κ1) is 12.3. The molecule has 0 bridgehead atoms. The summed E-state index contributed by atoms with van der Waals surface area (Å²) in [6.45, 7) is 3.38. The van der Waals surface area contributed by atoms with Crippen LogP contribution in [0, 0.1) is 0 Å². The molecule has 20 heavy (non-hydrogen) atoms. The van der Waals surface area contributed by atoms with Crippen LogP contribution in [0.5, 0.6) is 0 Å². The Hall–Kier alpha value is -1.46. The molecule has 0 amide bonds. The van der Waals surface area contributed by atoms with Crippen molar-refractivity contribution in [2.75, 3.05) is 24.7 Å². The number of benzene rings is 1. The minimum atomic E-state index is 0.813. The van der Waals surface area contributed by atoms with Crippen LogP contribution < -0.4 is 4.90 Å². The summed E-state index contributed by atoms with van der Waals surface area (Å²) in [5.41, 5.74) is 1.16. The van der Waals surface area contributed by atoms with Crippen molar-refractivity contribution in [2.45, 2.75) is 25.3 Å². The van der Waals surface area contributed by atoms with Gasteiger partial charge in [-0.2, -0.15) is 0 Å². The van der Waals surface area contributed by atoms with Crippen molar-refractivity contribution < 1.29 is 0 Å². The van der Waals surface area contributed by atoms with Gasteiger partial charge in [0.25, 0.3) is 0 Å². The van der Waals surface area contributed by atoms with Gasteiger partial charge >= 0.3 is 0 Å². The lowest BCUT2D eigenvalue weighted by atomic mass is 10.1. The van der Waals surface area contributed by atoms with Gasteiger partial charge in [-0.3, -0.25) is 4.90 Å². The van der Waals surface area contributed by atoms with Gasteiger partial charge in [-0.25, -0.2) is 0 Å². The van der Waals surface area contributed by atoms with Crippen molar-refractivity contribution >= 4 is 16.5 Å². The molecule has 1 aromatic carbocycles. The highest BCUT2D eigenvalue weighted by Gasteiger charge is 2.31. The third-order valence-electron chi connectivity index (χ3n) is 4.29. The summed E-state index contributed by atoms with van der Waals surface area (Å²) in [5, 5.41) is 10.8. The highest BCUT2D eigenvalue weighted by Crippen LogP contribution is 2.32. The molecule has 1 unspecified atom stereocenters. The van der Waals surface area contributed by atoms with Crippen LogP contribution in [0.25, 0.3) is 10.6 Å². The van der Waals surface area contributed by atoms with Gasteiger partial charge in [0.15, 0.2) is 0 Å². The van der Waals surface area contributed by atoms with Crippen molar-refractivity contribution in [1.29, 1.82) is 0 Å². The molecule has 0 spiro atoms. The lowest BCUT2D eigenvalue weighted by Gasteiger charge is -2.37. The van der Waals surface area contributed by atoms with Crippen molar-refractivity contribution in [3.8, 4) is 10.6 Å². The molecule has 2 saturated heterocycles. The molecule has 5 heteroatoms. The van der Waals surface area contributed by atoms with Crippen molar-refractivity contribution in [1.82, 2.24) is 15.1 Å². The molecular weight excluding hydrogens is 268 g/mol. The predicted octanol–water partition coefficient (Wildman–Crippen LogP) is 2.84. The second-order valence-corrected chi connectivity index (χ2v) is 6.51. The number of anilines is 1. The topological polar surface area (TPSA) is 32.3 Å². The third kappa shape index (κ3) is 2.21. The Morgan fingerprint density at radius 2 is 1.95 bits per heavy atom. The van der Waals surface area contributed by atoms with Gasteiger partial charge in [0, 0.05) is 24.7 Å². The summed E-state index contributed by atoms with van der Waals surface area (Å²) >= 11 is 1.70. The number of hydrogen-bond acceptors (Lipinski definition) is 5. The lowest BCUT2D eigenvalue weighted by Crippen LogP contribution is -2.47. The molecule has 4 rings (SSSR count). The predicted molar refractivity (Wildman–Crippen MR) is 81.9 cm³/mol. The summed E-state index contributed by atoms with van der Waals surface area (Å²) < 4.78 is 0. The minimum absolute atomic E-state index is 0.813. The molecule has 0 saturated carbocycles. The van der Waals surface area contributed by atoms with E-state index in [0.29, 0.717) is 0 Å². The first-order valence-corrected chi connectivity index (χ1v) is 8.10. The Balaban J connectivity index is 1.53. The Bertz CT molecular complexity index is 583. The van der Waals surface area contributed by atoms with E-state index in [1.54, 1.807) is 11.3 Å². The summed E-state index contributed by atoms with van der Waals surface area (Å²) in [6, 6.07) is 11.1. The second-order valence-electron chi connectivity index (χ2n) is 5.56. The van der Waals surface area contributed by atoms with Gasteiger partial charge in [0.05, 0.1) is 6.67 Å². The average Bonchev–Trinajstić information content (AvgIpc) is 3.16. The van der Waals surface area contributed by atoms with E-state index in [4.69, 9.17) is 0 Å². The summed E-state index contributed by atoms with van der Waals surface area (Å²) in [7, 11) is 0. The van der Waals surface area contributed by atoms with Crippen molar-refractivity contribution in [2.24, 2.45) is 0 Å². The number of aromatic nitrogens is 2. The number of nitrogens with zero attached hydrogens (tertiary/aromatic N) is 4. The van der Waals surface area contributed by atoms with Gasteiger partial charge in [-0.1, -0.05) is 41.7 Å². The number of rotatable bonds is 2. The van der Waals surface area contributed by atoms with Crippen LogP contribution in [0.15, 0.2) is 30.3 Å². The fourth-order valence-corrected chi connectivity index (χ4v) is 4.07. The first-order valence-electron chi connectivity index (χ1n) is 7.28. The first-order chi connectivity index (χ1) is 9.90. The van der Waals surface area contributed by atoms with E-state index in [-0.39, 0.29) is 0 Å². The number of hydrogen-bond donors (Lipinski definition) is 0. The van der Waals surface area contributed by atoms with E-state index in [2.05, 4.69) is 32.1 Å². The molecule has 3 heterocycles. The van der Waals surface area contributed by atoms with Crippen LogP contribution in [0.3, 0.4) is 0 Å². The largest absolute Gasteiger partial charge is 0.334 e. The molecule has 2 aliphatic heterocycles. The molecule has 0 radical (unpaired) electrons. The second kappa shape index (κ2) is 5.14. The van der Waals surface area contributed by atoms with Crippen LogP contribution in [-0.2, 0) is 0 Å². The monoisotopic (exact) mass is 286 g/mol. The lowest BCUT2D eigenvalue weighted by molar-refractivity contribution is 0.211. The maximum absolute atomic E-state index is 4.40. The van der Waals surface area contributed by atoms with Crippen LogP contribution >= 0.6 is 11.3 Å². The number of fused-ring (bicyclic) bond motifs is 1. The van der Waals surface area contributed by atoms with Crippen molar-refractivity contribution in [3.63, 3.8) is 0 Å². The fourth-order valence-electron chi connectivity index (χ4n) is 3.20. The zero-order valence-corrected chi connectivity index (χ0v) is 12.2. The Morgan fingerprint density at radius 3 is 2.85 bits per heavy atom. The molecule has 2 aliphatic rings.